The van der Waals surface area contributed by atoms with Gasteiger partial charge < -0.3 is 16.4 Å². The number of nitrogens with two attached hydrogens (primary N) is 1. The molecule has 4 N–H and O–H groups in total. The van der Waals surface area contributed by atoms with E-state index >= 15 is 0 Å². The van der Waals surface area contributed by atoms with Gasteiger partial charge in [-0.3, -0.25) is 9.59 Å². The molecule has 0 bridgehead atoms. The van der Waals surface area contributed by atoms with Crippen molar-refractivity contribution >= 4 is 35.1 Å². The number of imide groups is 1. The van der Waals surface area contributed by atoms with Gasteiger partial charge in [-0.1, -0.05) is 11.6 Å². The highest BCUT2D eigenvalue weighted by Gasteiger charge is 2.42. The lowest BCUT2D eigenvalue weighted by Gasteiger charge is -2.29. The third-order valence-electron chi connectivity index (χ3n) is 5.09. The van der Waals surface area contributed by atoms with Crippen LogP contribution in [0.1, 0.15) is 32.6 Å². The van der Waals surface area contributed by atoms with E-state index in [1.54, 1.807) is 24.3 Å². The topological polar surface area (TPSA) is 105 Å². The van der Waals surface area contributed by atoms with Gasteiger partial charge in [0.05, 0.1) is 11.2 Å². The first-order valence-electron chi connectivity index (χ1n) is 8.75. The summed E-state index contributed by atoms with van der Waals surface area (Å²) in [7, 11) is 0. The molecular formula is C18H23ClN4O3. The fourth-order valence-corrected chi connectivity index (χ4v) is 3.38. The van der Waals surface area contributed by atoms with Crippen molar-refractivity contribution in [3.8, 4) is 0 Å². The fraction of sp³-hybridized carbons (Fsp3) is 0.500. The monoisotopic (exact) mass is 378 g/mol. The molecule has 2 atom stereocenters. The first-order chi connectivity index (χ1) is 12.3. The zero-order chi connectivity index (χ0) is 18.9. The molecule has 4 amide bonds. The summed E-state index contributed by atoms with van der Waals surface area (Å²) in [5, 5.41) is 6.14. The van der Waals surface area contributed by atoms with Crippen LogP contribution in [0, 0.1) is 5.92 Å². The maximum atomic E-state index is 12.5. The predicted octanol–water partition coefficient (Wildman–Crippen LogP) is 1.79. The quantitative estimate of drug-likeness (QED) is 0.629. The molecule has 1 saturated heterocycles. The van der Waals surface area contributed by atoms with E-state index in [1.165, 1.54) is 0 Å². The van der Waals surface area contributed by atoms with Crippen LogP contribution >= 0.6 is 11.6 Å². The Bertz CT molecular complexity index is 720. The number of nitrogens with one attached hydrogen (secondary N) is 2. The Balaban J connectivity index is 1.57. The average molecular weight is 379 g/mol. The molecule has 8 heteroatoms. The molecule has 2 aliphatic rings. The van der Waals surface area contributed by atoms with E-state index in [2.05, 4.69) is 10.6 Å². The van der Waals surface area contributed by atoms with Crippen LogP contribution in [0.3, 0.4) is 0 Å². The van der Waals surface area contributed by atoms with E-state index in [0.717, 1.165) is 17.7 Å². The maximum Gasteiger partial charge on any atom is 0.329 e. The maximum absolute atomic E-state index is 12.5. The van der Waals surface area contributed by atoms with Gasteiger partial charge in [0.25, 0.3) is 5.91 Å². The second-order valence-electron chi connectivity index (χ2n) is 7.13. The van der Waals surface area contributed by atoms with E-state index in [-0.39, 0.29) is 24.7 Å². The van der Waals surface area contributed by atoms with Crippen LogP contribution in [0.4, 0.5) is 10.5 Å². The summed E-state index contributed by atoms with van der Waals surface area (Å²) < 4.78 is 0. The summed E-state index contributed by atoms with van der Waals surface area (Å²) in [5.74, 6) is -0.101. The molecule has 26 heavy (non-hydrogen) atoms. The van der Waals surface area contributed by atoms with Crippen LogP contribution in [-0.2, 0) is 9.59 Å². The number of nitrogens with zero attached hydrogens (tertiary/aromatic N) is 1. The summed E-state index contributed by atoms with van der Waals surface area (Å²) in [6.45, 7) is 2.33. The molecule has 1 aliphatic heterocycles. The third-order valence-corrected chi connectivity index (χ3v) is 5.34. The van der Waals surface area contributed by atoms with Crippen molar-refractivity contribution < 1.29 is 14.4 Å². The molecule has 0 spiro atoms. The molecule has 2 unspecified atom stereocenters. The Kier molecular flexibility index (Phi) is 5.20. The Morgan fingerprint density at radius 1 is 1.35 bits per heavy atom. The second kappa shape index (κ2) is 7.25. The van der Waals surface area contributed by atoms with Gasteiger partial charge in [0.2, 0.25) is 5.91 Å². The van der Waals surface area contributed by atoms with Crippen molar-refractivity contribution in [2.45, 2.75) is 44.2 Å². The number of anilines is 1. The number of rotatable bonds is 7. The van der Waals surface area contributed by atoms with Crippen molar-refractivity contribution in [3.05, 3.63) is 29.3 Å². The van der Waals surface area contributed by atoms with Gasteiger partial charge in [-0.25, -0.2) is 9.69 Å². The van der Waals surface area contributed by atoms with Crippen LogP contribution < -0.4 is 21.3 Å². The Labute approximate surface area is 157 Å². The van der Waals surface area contributed by atoms with Crippen molar-refractivity contribution in [2.75, 3.05) is 11.4 Å². The number of hydrogen-bond acceptors (Lipinski definition) is 4. The minimum atomic E-state index is -0.714. The van der Waals surface area contributed by atoms with E-state index in [0.29, 0.717) is 23.2 Å². The predicted molar refractivity (Wildman–Crippen MR) is 98.8 cm³/mol. The highest BCUT2D eigenvalue weighted by Crippen LogP contribution is 2.39. The zero-order valence-corrected chi connectivity index (χ0v) is 15.4. The van der Waals surface area contributed by atoms with Crippen molar-refractivity contribution in [2.24, 2.45) is 11.7 Å². The van der Waals surface area contributed by atoms with Crippen molar-refractivity contribution in [3.63, 3.8) is 0 Å². The molecule has 0 aromatic heterocycles. The Morgan fingerprint density at radius 3 is 2.58 bits per heavy atom. The first-order valence-corrected chi connectivity index (χ1v) is 9.13. The number of halogens is 1. The number of hydrogen-bond donors (Lipinski definition) is 3. The molecular weight excluding hydrogens is 356 g/mol. The minimum Gasteiger partial charge on any atom is -0.349 e. The van der Waals surface area contributed by atoms with Crippen LogP contribution in [-0.4, -0.2) is 36.0 Å². The normalized spacial score (nSPS) is 22.1. The molecule has 2 fully saturated rings. The first kappa shape index (κ1) is 18.7. The van der Waals surface area contributed by atoms with Gasteiger partial charge in [0, 0.05) is 18.0 Å². The molecule has 1 aromatic rings. The highest BCUT2D eigenvalue weighted by atomic mass is 35.5. The van der Waals surface area contributed by atoms with Crippen LogP contribution in [0.2, 0.25) is 5.02 Å². The largest absolute Gasteiger partial charge is 0.349 e. The summed E-state index contributed by atoms with van der Waals surface area (Å²) in [5.41, 5.74) is 5.86. The summed E-state index contributed by atoms with van der Waals surface area (Å²) in [4.78, 5) is 38.0. The minimum absolute atomic E-state index is 0.146. The van der Waals surface area contributed by atoms with Gasteiger partial charge in [0.1, 0.15) is 6.04 Å². The number of carbonyl (C=O) groups excluding carboxylic acids is 3. The summed E-state index contributed by atoms with van der Waals surface area (Å²) >= 11 is 5.84. The number of urea groups is 1. The van der Waals surface area contributed by atoms with Crippen molar-refractivity contribution in [1.82, 2.24) is 10.6 Å². The van der Waals surface area contributed by atoms with E-state index < -0.39 is 17.6 Å². The van der Waals surface area contributed by atoms with Gasteiger partial charge in [0.15, 0.2) is 0 Å². The van der Waals surface area contributed by atoms with Gasteiger partial charge in [-0.2, -0.15) is 0 Å². The highest BCUT2D eigenvalue weighted by molar-refractivity contribution is 6.30. The van der Waals surface area contributed by atoms with Crippen molar-refractivity contribution in [1.29, 1.82) is 0 Å². The molecule has 1 aromatic carbocycles. The molecule has 1 aliphatic carbocycles. The molecule has 1 saturated carbocycles. The lowest BCUT2D eigenvalue weighted by molar-refractivity contribution is -0.123. The van der Waals surface area contributed by atoms with Crippen LogP contribution in [0.25, 0.3) is 0 Å². The smallest absolute Gasteiger partial charge is 0.329 e. The van der Waals surface area contributed by atoms with Gasteiger partial charge in [-0.05, 0) is 56.4 Å². The molecule has 3 rings (SSSR count). The fourth-order valence-electron chi connectivity index (χ4n) is 3.26. The molecule has 0 radical (unpaired) electrons. The number of amides is 4. The van der Waals surface area contributed by atoms with Crippen LogP contribution in [0.15, 0.2) is 24.3 Å². The Hall–Kier alpha value is -2.12. The lowest BCUT2D eigenvalue weighted by atomic mass is 9.95. The van der Waals surface area contributed by atoms with Gasteiger partial charge >= 0.3 is 6.03 Å². The second-order valence-corrected chi connectivity index (χ2v) is 7.57. The Morgan fingerprint density at radius 2 is 2.00 bits per heavy atom. The number of benzene rings is 1. The van der Waals surface area contributed by atoms with E-state index in [9.17, 15) is 14.4 Å². The lowest BCUT2D eigenvalue weighted by Crippen LogP contribution is -2.53. The zero-order valence-electron chi connectivity index (χ0n) is 14.6. The van der Waals surface area contributed by atoms with Crippen LogP contribution in [0.5, 0.6) is 0 Å². The van der Waals surface area contributed by atoms with E-state index in [1.807, 2.05) is 6.92 Å². The number of carbonyl (C=O) groups is 3. The average Bonchev–Trinajstić information content (AvgIpc) is 3.42. The third kappa shape index (κ3) is 3.83. The molecule has 7 nitrogen and oxygen atoms in total. The summed E-state index contributed by atoms with van der Waals surface area (Å²) in [6.07, 6.45) is 2.53. The summed E-state index contributed by atoms with van der Waals surface area (Å²) in [6, 6.07) is 5.24. The standard InChI is InChI=1S/C18H23ClN4O3/c1-18(10-20,11-2-3-11)22-15(24)9-8-14-16(25)23(17(26)21-14)13-6-4-12(19)5-7-13/h4-7,11,14H,2-3,8-10,20H2,1H3,(H,21,26)(H,22,24). The SMILES string of the molecule is CC(CN)(NC(=O)CCC1NC(=O)N(c2ccc(Cl)cc2)C1=O)C1CC1. The molecule has 140 valence electrons. The van der Waals surface area contributed by atoms with E-state index in [4.69, 9.17) is 17.3 Å². The molecule has 1 heterocycles. The van der Waals surface area contributed by atoms with Gasteiger partial charge in [-0.15, -0.1) is 0 Å².